The predicted octanol–water partition coefficient (Wildman–Crippen LogP) is 2.35. The van der Waals surface area contributed by atoms with E-state index >= 15 is 0 Å². The van der Waals surface area contributed by atoms with Crippen molar-refractivity contribution in [3.05, 3.63) is 23.3 Å². The Bertz CT molecular complexity index is 626. The Balaban J connectivity index is 0.00000264. The molecule has 1 aliphatic heterocycles. The molecule has 1 aromatic carbocycles. The van der Waals surface area contributed by atoms with Crippen LogP contribution >= 0.6 is 12.4 Å². The van der Waals surface area contributed by atoms with Gasteiger partial charge in [0.15, 0.2) is 0 Å². The molecule has 0 unspecified atom stereocenters. The van der Waals surface area contributed by atoms with Crippen molar-refractivity contribution in [2.45, 2.75) is 31.6 Å². The molecular formula is C16H27ClN2O3S. The smallest absolute Gasteiger partial charge is 0.246 e. The number of benzene rings is 1. The molecule has 0 radical (unpaired) electrons. The molecule has 0 spiro atoms. The predicted molar refractivity (Wildman–Crippen MR) is 95.1 cm³/mol. The highest BCUT2D eigenvalue weighted by Gasteiger charge is 2.32. The summed E-state index contributed by atoms with van der Waals surface area (Å²) >= 11 is 0. The Labute approximate surface area is 145 Å². The average Bonchev–Trinajstić information content (AvgIpc) is 2.47. The van der Waals surface area contributed by atoms with E-state index in [1.165, 1.54) is 7.11 Å². The van der Waals surface area contributed by atoms with Crippen molar-refractivity contribution < 1.29 is 13.2 Å². The Kier molecular flexibility index (Phi) is 7.32. The molecule has 1 aromatic rings. The quantitative estimate of drug-likeness (QED) is 0.873. The Morgan fingerprint density at radius 2 is 1.87 bits per heavy atom. The third-order valence-electron chi connectivity index (χ3n) is 4.27. The van der Waals surface area contributed by atoms with Crippen LogP contribution in [0.25, 0.3) is 0 Å². The number of sulfonamides is 1. The van der Waals surface area contributed by atoms with E-state index in [4.69, 9.17) is 4.74 Å². The molecule has 1 saturated heterocycles. The van der Waals surface area contributed by atoms with E-state index in [-0.39, 0.29) is 12.4 Å². The Hall–Kier alpha value is -0.820. The zero-order valence-corrected chi connectivity index (χ0v) is 15.9. The van der Waals surface area contributed by atoms with E-state index in [9.17, 15) is 8.42 Å². The van der Waals surface area contributed by atoms with Gasteiger partial charge in [-0.15, -0.1) is 12.4 Å². The zero-order chi connectivity index (χ0) is 16.3. The fourth-order valence-electron chi connectivity index (χ4n) is 3.15. The first-order valence-electron chi connectivity index (χ1n) is 7.70. The van der Waals surface area contributed by atoms with Crippen molar-refractivity contribution in [3.63, 3.8) is 0 Å². The molecule has 0 atom stereocenters. The minimum absolute atomic E-state index is 0. The number of nitrogens with zero attached hydrogens (tertiary/aromatic N) is 1. The number of piperidine rings is 1. The van der Waals surface area contributed by atoms with Crippen LogP contribution in [0, 0.1) is 19.8 Å². The highest BCUT2D eigenvalue weighted by atomic mass is 35.5. The topological polar surface area (TPSA) is 58.6 Å². The lowest BCUT2D eigenvalue weighted by Gasteiger charge is -2.31. The van der Waals surface area contributed by atoms with Gasteiger partial charge < -0.3 is 10.1 Å². The van der Waals surface area contributed by atoms with Gasteiger partial charge in [0.05, 0.1) is 7.11 Å². The van der Waals surface area contributed by atoms with Crippen molar-refractivity contribution in [1.82, 2.24) is 9.62 Å². The molecule has 0 saturated carbocycles. The maximum atomic E-state index is 13.0. The Morgan fingerprint density at radius 1 is 1.26 bits per heavy atom. The molecule has 5 nitrogen and oxygen atoms in total. The van der Waals surface area contributed by atoms with Gasteiger partial charge in [0, 0.05) is 13.1 Å². The monoisotopic (exact) mass is 362 g/mol. The van der Waals surface area contributed by atoms with Crippen molar-refractivity contribution in [2.24, 2.45) is 5.92 Å². The van der Waals surface area contributed by atoms with Crippen molar-refractivity contribution in [2.75, 3.05) is 33.8 Å². The molecule has 2 rings (SSSR count). The van der Waals surface area contributed by atoms with E-state index in [1.807, 2.05) is 27.0 Å². The summed E-state index contributed by atoms with van der Waals surface area (Å²) in [5.74, 6) is 1.01. The van der Waals surface area contributed by atoms with E-state index in [1.54, 1.807) is 10.4 Å². The van der Waals surface area contributed by atoms with E-state index in [2.05, 4.69) is 5.32 Å². The summed E-state index contributed by atoms with van der Waals surface area (Å²) in [5, 5.41) is 3.17. The number of halogens is 1. The number of ether oxygens (including phenoxy) is 1. The molecule has 7 heteroatoms. The minimum Gasteiger partial charge on any atom is -0.495 e. The largest absolute Gasteiger partial charge is 0.495 e. The summed E-state index contributed by atoms with van der Waals surface area (Å²) < 4.78 is 32.9. The van der Waals surface area contributed by atoms with Crippen molar-refractivity contribution in [3.8, 4) is 5.75 Å². The summed E-state index contributed by atoms with van der Waals surface area (Å²) in [4.78, 5) is 0.291. The van der Waals surface area contributed by atoms with Crippen LogP contribution in [0.5, 0.6) is 5.75 Å². The summed E-state index contributed by atoms with van der Waals surface area (Å²) in [6.45, 7) is 5.88. The second-order valence-electron chi connectivity index (χ2n) is 6.02. The van der Waals surface area contributed by atoms with Crippen LogP contribution in [-0.4, -0.2) is 46.5 Å². The van der Waals surface area contributed by atoms with Crippen molar-refractivity contribution in [1.29, 1.82) is 0 Å². The van der Waals surface area contributed by atoms with E-state index < -0.39 is 10.0 Å². The first kappa shape index (κ1) is 20.2. The van der Waals surface area contributed by atoms with Crippen LogP contribution in [0.2, 0.25) is 0 Å². The third-order valence-corrected chi connectivity index (χ3v) is 6.18. The molecule has 0 aromatic heterocycles. The van der Waals surface area contributed by atoms with Crippen molar-refractivity contribution >= 4 is 22.4 Å². The number of rotatable bonds is 5. The molecule has 0 amide bonds. The molecule has 1 fully saturated rings. The van der Waals surface area contributed by atoms with Gasteiger partial charge >= 0.3 is 0 Å². The van der Waals surface area contributed by atoms with Crippen LogP contribution < -0.4 is 10.1 Å². The highest BCUT2D eigenvalue weighted by Crippen LogP contribution is 2.33. The summed E-state index contributed by atoms with van der Waals surface area (Å²) in [5.41, 5.74) is 1.79. The standard InChI is InChI=1S/C16H26N2O3S.ClH/c1-12-9-13(2)16(21-4)15(10-12)22(19,20)18-7-5-14(6-8-18)11-17-3;/h9-10,14,17H,5-8,11H2,1-4H3;1H. The first-order chi connectivity index (χ1) is 10.4. The van der Waals surface area contributed by atoms with E-state index in [0.717, 1.165) is 30.5 Å². The lowest BCUT2D eigenvalue weighted by molar-refractivity contribution is 0.270. The lowest BCUT2D eigenvalue weighted by Crippen LogP contribution is -2.40. The summed E-state index contributed by atoms with van der Waals surface area (Å²) in [6, 6.07) is 3.65. The van der Waals surface area contributed by atoms with Crippen LogP contribution in [-0.2, 0) is 10.0 Å². The van der Waals surface area contributed by atoms with Gasteiger partial charge in [-0.05, 0) is 63.4 Å². The van der Waals surface area contributed by atoms with Crippen LogP contribution in [0.3, 0.4) is 0 Å². The van der Waals surface area contributed by atoms with Gasteiger partial charge in [0.2, 0.25) is 10.0 Å². The Morgan fingerprint density at radius 3 is 2.39 bits per heavy atom. The zero-order valence-electron chi connectivity index (χ0n) is 14.3. The molecule has 23 heavy (non-hydrogen) atoms. The average molecular weight is 363 g/mol. The fourth-order valence-corrected chi connectivity index (χ4v) is 4.93. The number of hydrogen-bond donors (Lipinski definition) is 1. The fraction of sp³-hybridized carbons (Fsp3) is 0.625. The van der Waals surface area contributed by atoms with Gasteiger partial charge in [-0.25, -0.2) is 8.42 Å². The normalized spacial score (nSPS) is 16.9. The van der Waals surface area contributed by atoms with Gasteiger partial charge in [-0.1, -0.05) is 6.07 Å². The second-order valence-corrected chi connectivity index (χ2v) is 7.92. The van der Waals surface area contributed by atoms with Crippen LogP contribution in [0.15, 0.2) is 17.0 Å². The van der Waals surface area contributed by atoms with Crippen LogP contribution in [0.1, 0.15) is 24.0 Å². The number of nitrogens with one attached hydrogen (secondary N) is 1. The molecular weight excluding hydrogens is 336 g/mol. The van der Waals surface area contributed by atoms with Gasteiger partial charge in [0.1, 0.15) is 10.6 Å². The van der Waals surface area contributed by atoms with Gasteiger partial charge in [-0.2, -0.15) is 4.31 Å². The first-order valence-corrected chi connectivity index (χ1v) is 9.14. The SMILES string of the molecule is CNCC1CCN(S(=O)(=O)c2cc(C)cc(C)c2OC)CC1.Cl. The lowest BCUT2D eigenvalue weighted by atomic mass is 9.98. The third kappa shape index (κ3) is 4.38. The molecule has 0 bridgehead atoms. The molecule has 0 aliphatic carbocycles. The number of aryl methyl sites for hydroxylation is 2. The maximum Gasteiger partial charge on any atom is 0.246 e. The van der Waals surface area contributed by atoms with Gasteiger partial charge in [0.25, 0.3) is 0 Å². The molecule has 132 valence electrons. The summed E-state index contributed by atoms with van der Waals surface area (Å²) in [7, 11) is -0.0426. The van der Waals surface area contributed by atoms with E-state index in [0.29, 0.717) is 29.7 Å². The molecule has 1 heterocycles. The number of methoxy groups -OCH3 is 1. The highest BCUT2D eigenvalue weighted by molar-refractivity contribution is 7.89. The summed E-state index contributed by atoms with van der Waals surface area (Å²) in [6.07, 6.45) is 1.79. The molecule has 1 N–H and O–H groups in total. The van der Waals surface area contributed by atoms with Gasteiger partial charge in [-0.3, -0.25) is 0 Å². The van der Waals surface area contributed by atoms with Crippen LogP contribution in [0.4, 0.5) is 0 Å². The maximum absolute atomic E-state index is 13.0. The second kappa shape index (κ2) is 8.33. The molecule has 1 aliphatic rings. The number of hydrogen-bond acceptors (Lipinski definition) is 4. The minimum atomic E-state index is -3.50.